The van der Waals surface area contributed by atoms with Crippen LogP contribution >= 0.6 is 15.9 Å². The number of halogens is 2. The van der Waals surface area contributed by atoms with E-state index in [1.165, 1.54) is 29.3 Å². The quantitative estimate of drug-likeness (QED) is 0.671. The van der Waals surface area contributed by atoms with Crippen LogP contribution in [0.25, 0.3) is 0 Å². The molecule has 3 rings (SSSR count). The number of nitrogens with zero attached hydrogens (tertiary/aromatic N) is 1. The normalized spacial score (nSPS) is 16.7. The third-order valence-corrected chi connectivity index (χ3v) is 5.20. The highest BCUT2D eigenvalue weighted by Crippen LogP contribution is 2.31. The maximum atomic E-state index is 13.2. The van der Waals surface area contributed by atoms with Gasteiger partial charge in [-0.1, -0.05) is 32.0 Å². The van der Waals surface area contributed by atoms with Crippen molar-refractivity contribution in [3.63, 3.8) is 0 Å². The SMILES string of the molecule is CC(C)c1ccc(NC(=O)N2C=CC(=O)CC2c2ccc(F)cc2)c(Br)c1. The molecule has 0 radical (unpaired) electrons. The second kappa shape index (κ2) is 8.05. The molecule has 27 heavy (non-hydrogen) atoms. The number of allylic oxidation sites excluding steroid dienone is 1. The Balaban J connectivity index is 1.84. The lowest BCUT2D eigenvalue weighted by atomic mass is 9.97. The predicted molar refractivity (Wildman–Crippen MR) is 107 cm³/mol. The van der Waals surface area contributed by atoms with E-state index in [0.29, 0.717) is 17.2 Å². The van der Waals surface area contributed by atoms with E-state index in [0.717, 1.165) is 10.0 Å². The van der Waals surface area contributed by atoms with E-state index in [-0.39, 0.29) is 24.1 Å². The van der Waals surface area contributed by atoms with Crippen molar-refractivity contribution < 1.29 is 14.0 Å². The lowest BCUT2D eigenvalue weighted by molar-refractivity contribution is -0.116. The highest BCUT2D eigenvalue weighted by Gasteiger charge is 2.29. The topological polar surface area (TPSA) is 49.4 Å². The molecule has 0 saturated carbocycles. The Morgan fingerprint density at radius 1 is 1.22 bits per heavy atom. The van der Waals surface area contributed by atoms with Crippen molar-refractivity contribution in [2.75, 3.05) is 5.32 Å². The monoisotopic (exact) mass is 430 g/mol. The number of carbonyl (C=O) groups is 2. The van der Waals surface area contributed by atoms with Gasteiger partial charge in [0.1, 0.15) is 5.82 Å². The molecule has 0 saturated heterocycles. The number of anilines is 1. The van der Waals surface area contributed by atoms with Gasteiger partial charge in [-0.25, -0.2) is 9.18 Å². The molecule has 2 aromatic rings. The van der Waals surface area contributed by atoms with E-state index < -0.39 is 6.04 Å². The number of benzene rings is 2. The summed E-state index contributed by atoms with van der Waals surface area (Å²) in [5.41, 5.74) is 2.51. The minimum atomic E-state index is -0.475. The number of ketones is 1. The number of urea groups is 1. The first-order valence-electron chi connectivity index (χ1n) is 8.70. The fourth-order valence-corrected chi connectivity index (χ4v) is 3.46. The van der Waals surface area contributed by atoms with Gasteiger partial charge in [0.15, 0.2) is 5.78 Å². The Hall–Kier alpha value is -2.47. The van der Waals surface area contributed by atoms with Crippen molar-refractivity contribution in [1.82, 2.24) is 4.90 Å². The number of hydrogen-bond acceptors (Lipinski definition) is 2. The van der Waals surface area contributed by atoms with Crippen molar-refractivity contribution in [1.29, 1.82) is 0 Å². The molecule has 1 heterocycles. The van der Waals surface area contributed by atoms with Gasteiger partial charge in [-0.3, -0.25) is 9.69 Å². The third kappa shape index (κ3) is 4.45. The summed E-state index contributed by atoms with van der Waals surface area (Å²) < 4.78 is 14.0. The fourth-order valence-electron chi connectivity index (χ4n) is 2.97. The van der Waals surface area contributed by atoms with E-state index in [9.17, 15) is 14.0 Å². The second-order valence-corrected chi connectivity index (χ2v) is 7.64. The highest BCUT2D eigenvalue weighted by molar-refractivity contribution is 9.10. The van der Waals surface area contributed by atoms with Crippen molar-refractivity contribution in [2.24, 2.45) is 0 Å². The van der Waals surface area contributed by atoms with Gasteiger partial charge in [-0.05, 0) is 63.3 Å². The predicted octanol–water partition coefficient (Wildman–Crippen LogP) is 5.77. The van der Waals surface area contributed by atoms with Crippen LogP contribution in [0, 0.1) is 5.82 Å². The molecule has 140 valence electrons. The van der Waals surface area contributed by atoms with Gasteiger partial charge in [-0.2, -0.15) is 0 Å². The van der Waals surface area contributed by atoms with Crippen LogP contribution in [0.15, 0.2) is 59.2 Å². The molecule has 1 aliphatic rings. The molecule has 2 aromatic carbocycles. The second-order valence-electron chi connectivity index (χ2n) is 6.78. The molecule has 0 spiro atoms. The summed E-state index contributed by atoms with van der Waals surface area (Å²) in [6.45, 7) is 4.20. The average Bonchev–Trinajstić information content (AvgIpc) is 2.63. The van der Waals surface area contributed by atoms with E-state index in [2.05, 4.69) is 35.1 Å². The van der Waals surface area contributed by atoms with Crippen LogP contribution in [0.2, 0.25) is 0 Å². The zero-order chi connectivity index (χ0) is 19.6. The molecule has 4 nitrogen and oxygen atoms in total. The van der Waals surface area contributed by atoms with Gasteiger partial charge in [0.2, 0.25) is 0 Å². The fraction of sp³-hybridized carbons (Fsp3) is 0.238. The molecule has 1 N–H and O–H groups in total. The molecule has 0 aliphatic carbocycles. The van der Waals surface area contributed by atoms with Crippen molar-refractivity contribution in [3.8, 4) is 0 Å². The molecule has 1 unspecified atom stereocenters. The molecule has 0 bridgehead atoms. The van der Waals surface area contributed by atoms with Gasteiger partial charge in [0.05, 0.1) is 11.7 Å². The Kier molecular flexibility index (Phi) is 5.75. The zero-order valence-electron chi connectivity index (χ0n) is 15.1. The van der Waals surface area contributed by atoms with E-state index in [1.807, 2.05) is 18.2 Å². The average molecular weight is 431 g/mol. The number of hydrogen-bond donors (Lipinski definition) is 1. The smallest absolute Gasteiger partial charge is 0.306 e. The minimum Gasteiger partial charge on any atom is -0.306 e. The van der Waals surface area contributed by atoms with Crippen LogP contribution < -0.4 is 5.32 Å². The van der Waals surface area contributed by atoms with Crippen molar-refractivity contribution in [3.05, 3.63) is 76.2 Å². The first-order chi connectivity index (χ1) is 12.8. The molecule has 6 heteroatoms. The lowest BCUT2D eigenvalue weighted by Gasteiger charge is -2.31. The molecular formula is C21H20BrFN2O2. The summed E-state index contributed by atoms with van der Waals surface area (Å²) in [5, 5.41) is 2.88. The first-order valence-corrected chi connectivity index (χ1v) is 9.49. The van der Waals surface area contributed by atoms with Crippen LogP contribution in [-0.4, -0.2) is 16.7 Å². The Labute approximate surface area is 166 Å². The Bertz CT molecular complexity index is 894. The van der Waals surface area contributed by atoms with Crippen LogP contribution in [0.5, 0.6) is 0 Å². The summed E-state index contributed by atoms with van der Waals surface area (Å²) in [5.74, 6) is -0.0533. The van der Waals surface area contributed by atoms with Gasteiger partial charge in [-0.15, -0.1) is 0 Å². The van der Waals surface area contributed by atoms with E-state index >= 15 is 0 Å². The van der Waals surface area contributed by atoms with Gasteiger partial charge in [0, 0.05) is 17.1 Å². The van der Waals surface area contributed by atoms with Gasteiger partial charge < -0.3 is 5.32 Å². The van der Waals surface area contributed by atoms with Crippen LogP contribution in [-0.2, 0) is 4.79 Å². The molecule has 1 aliphatic heterocycles. The number of amides is 2. The summed E-state index contributed by atoms with van der Waals surface area (Å²) in [6.07, 6.45) is 3.02. The summed E-state index contributed by atoms with van der Waals surface area (Å²) in [4.78, 5) is 26.2. The highest BCUT2D eigenvalue weighted by atomic mass is 79.9. The molecule has 0 fully saturated rings. The van der Waals surface area contributed by atoms with Crippen molar-refractivity contribution in [2.45, 2.75) is 32.2 Å². The Morgan fingerprint density at radius 3 is 2.56 bits per heavy atom. The van der Waals surface area contributed by atoms with Gasteiger partial charge in [0.25, 0.3) is 0 Å². The minimum absolute atomic E-state index is 0.0733. The third-order valence-electron chi connectivity index (χ3n) is 4.54. The molecule has 1 atom stereocenters. The van der Waals surface area contributed by atoms with Crippen LogP contribution in [0.1, 0.15) is 43.4 Å². The molecular weight excluding hydrogens is 411 g/mol. The Morgan fingerprint density at radius 2 is 1.93 bits per heavy atom. The maximum absolute atomic E-state index is 13.2. The zero-order valence-corrected chi connectivity index (χ0v) is 16.7. The summed E-state index contributed by atoms with van der Waals surface area (Å²) in [7, 11) is 0. The standard InChI is InChI=1S/C21H20BrFN2O2/c1-13(2)15-5-8-19(18(22)11-15)24-21(27)25-10-9-17(26)12-20(25)14-3-6-16(23)7-4-14/h3-11,13,20H,12H2,1-2H3,(H,24,27). The number of nitrogens with one attached hydrogen (secondary N) is 1. The molecule has 0 aromatic heterocycles. The first kappa shape index (κ1) is 19.3. The van der Waals surface area contributed by atoms with E-state index in [4.69, 9.17) is 0 Å². The van der Waals surface area contributed by atoms with E-state index in [1.54, 1.807) is 12.1 Å². The lowest BCUT2D eigenvalue weighted by Crippen LogP contribution is -2.37. The molecule has 2 amide bonds. The van der Waals surface area contributed by atoms with Crippen LogP contribution in [0.4, 0.5) is 14.9 Å². The number of rotatable bonds is 3. The number of carbonyl (C=O) groups excluding carboxylic acids is 2. The van der Waals surface area contributed by atoms with Crippen molar-refractivity contribution >= 4 is 33.4 Å². The van der Waals surface area contributed by atoms with Crippen LogP contribution in [0.3, 0.4) is 0 Å². The maximum Gasteiger partial charge on any atom is 0.326 e. The largest absolute Gasteiger partial charge is 0.326 e. The summed E-state index contributed by atoms with van der Waals surface area (Å²) >= 11 is 3.50. The summed E-state index contributed by atoms with van der Waals surface area (Å²) in [6, 6.07) is 10.8. The van der Waals surface area contributed by atoms with Gasteiger partial charge >= 0.3 is 6.03 Å².